The van der Waals surface area contributed by atoms with Gasteiger partial charge in [-0.2, -0.15) is 13.2 Å². The number of carbonyl (C=O) groups excluding carboxylic acids is 1. The molecule has 2 N–H and O–H groups in total. The first-order valence-electron chi connectivity index (χ1n) is 5.14. The molecular formula is C10H14F3NO3. The van der Waals surface area contributed by atoms with Crippen LogP contribution in [0.25, 0.3) is 0 Å². The van der Waals surface area contributed by atoms with Crippen molar-refractivity contribution >= 4 is 11.9 Å². The summed E-state index contributed by atoms with van der Waals surface area (Å²) in [6.07, 6.45) is -5.43. The molecule has 0 saturated heterocycles. The average Bonchev–Trinajstić information content (AvgIpc) is 2.66. The molecule has 17 heavy (non-hydrogen) atoms. The second-order valence-corrected chi connectivity index (χ2v) is 4.77. The first kappa shape index (κ1) is 13.8. The molecule has 1 aliphatic carbocycles. The van der Waals surface area contributed by atoms with Gasteiger partial charge in [-0.1, -0.05) is 13.8 Å². The Morgan fingerprint density at radius 1 is 1.29 bits per heavy atom. The quantitative estimate of drug-likeness (QED) is 0.796. The minimum Gasteiger partial charge on any atom is -0.481 e. The molecule has 0 aromatic heterocycles. The van der Waals surface area contributed by atoms with Crippen molar-refractivity contribution in [2.45, 2.75) is 26.4 Å². The van der Waals surface area contributed by atoms with Crippen molar-refractivity contribution in [3.8, 4) is 0 Å². The molecule has 0 spiro atoms. The van der Waals surface area contributed by atoms with Crippen molar-refractivity contribution in [3.63, 3.8) is 0 Å². The van der Waals surface area contributed by atoms with Crippen LogP contribution in [0.4, 0.5) is 13.2 Å². The van der Waals surface area contributed by atoms with Gasteiger partial charge < -0.3 is 10.4 Å². The topological polar surface area (TPSA) is 66.4 Å². The Hall–Kier alpha value is -1.27. The monoisotopic (exact) mass is 253 g/mol. The number of carboxylic acid groups (broad SMARTS) is 1. The van der Waals surface area contributed by atoms with E-state index in [0.717, 1.165) is 0 Å². The Morgan fingerprint density at radius 3 is 2.18 bits per heavy atom. The molecule has 1 aliphatic rings. The molecule has 0 radical (unpaired) electrons. The maximum absolute atomic E-state index is 11.8. The number of alkyl halides is 3. The number of carboxylic acids is 1. The normalized spacial score (nSPS) is 26.4. The third kappa shape index (κ3) is 3.10. The Balaban J connectivity index is 2.43. The molecule has 2 unspecified atom stereocenters. The van der Waals surface area contributed by atoms with Crippen molar-refractivity contribution in [1.82, 2.24) is 5.32 Å². The van der Waals surface area contributed by atoms with Gasteiger partial charge in [-0.15, -0.1) is 0 Å². The zero-order chi connectivity index (χ0) is 13.4. The number of amides is 1. The Kier molecular flexibility index (Phi) is 3.40. The molecule has 1 fully saturated rings. The maximum Gasteiger partial charge on any atom is 0.390 e. The van der Waals surface area contributed by atoms with Crippen LogP contribution in [0.1, 0.15) is 20.3 Å². The van der Waals surface area contributed by atoms with Crippen molar-refractivity contribution in [2.24, 2.45) is 17.3 Å². The molecule has 0 heterocycles. The number of nitrogens with one attached hydrogen (secondary N) is 1. The summed E-state index contributed by atoms with van der Waals surface area (Å²) >= 11 is 0. The van der Waals surface area contributed by atoms with Gasteiger partial charge >= 0.3 is 12.1 Å². The average molecular weight is 253 g/mol. The molecule has 7 heteroatoms. The lowest BCUT2D eigenvalue weighted by Crippen LogP contribution is -2.30. The van der Waals surface area contributed by atoms with E-state index in [1.807, 2.05) is 0 Å². The predicted molar refractivity (Wildman–Crippen MR) is 52.1 cm³/mol. The summed E-state index contributed by atoms with van der Waals surface area (Å²) in [5.41, 5.74) is -0.686. The van der Waals surface area contributed by atoms with E-state index in [9.17, 15) is 22.8 Å². The fourth-order valence-corrected chi connectivity index (χ4v) is 2.03. The lowest BCUT2D eigenvalue weighted by atomic mass is 10.1. The zero-order valence-corrected chi connectivity index (χ0v) is 9.47. The molecule has 1 amide bonds. The zero-order valence-electron chi connectivity index (χ0n) is 9.47. The smallest absolute Gasteiger partial charge is 0.390 e. The van der Waals surface area contributed by atoms with Crippen LogP contribution in [-0.2, 0) is 9.59 Å². The van der Waals surface area contributed by atoms with E-state index in [2.05, 4.69) is 5.32 Å². The lowest BCUT2D eigenvalue weighted by molar-refractivity contribution is -0.141. The molecule has 0 aromatic rings. The van der Waals surface area contributed by atoms with E-state index in [1.165, 1.54) is 0 Å². The molecule has 98 valence electrons. The van der Waals surface area contributed by atoms with Crippen molar-refractivity contribution in [3.05, 3.63) is 0 Å². The van der Waals surface area contributed by atoms with Gasteiger partial charge in [-0.3, -0.25) is 9.59 Å². The van der Waals surface area contributed by atoms with Crippen LogP contribution in [0.3, 0.4) is 0 Å². The van der Waals surface area contributed by atoms with Gasteiger partial charge in [0.15, 0.2) is 0 Å². The summed E-state index contributed by atoms with van der Waals surface area (Å²) in [7, 11) is 0. The third-order valence-corrected chi connectivity index (χ3v) is 3.08. The van der Waals surface area contributed by atoms with Gasteiger partial charge in [0.2, 0.25) is 5.91 Å². The molecule has 4 nitrogen and oxygen atoms in total. The fourth-order valence-electron chi connectivity index (χ4n) is 2.03. The molecule has 2 atom stereocenters. The summed E-state index contributed by atoms with van der Waals surface area (Å²) in [4.78, 5) is 22.2. The number of carbonyl (C=O) groups is 2. The minimum atomic E-state index is -4.32. The molecule has 0 aliphatic heterocycles. The second kappa shape index (κ2) is 4.19. The van der Waals surface area contributed by atoms with Crippen LogP contribution >= 0.6 is 0 Å². The lowest BCUT2D eigenvalue weighted by Gasteiger charge is -2.08. The van der Waals surface area contributed by atoms with Gasteiger partial charge in [0.05, 0.1) is 18.3 Å². The summed E-state index contributed by atoms with van der Waals surface area (Å²) in [5.74, 6) is -3.26. The number of hydrogen-bond donors (Lipinski definition) is 2. The SMILES string of the molecule is CC1(C)C(C(=O)O)C1C(=O)NCCC(F)(F)F. The van der Waals surface area contributed by atoms with Crippen LogP contribution in [0.5, 0.6) is 0 Å². The number of hydrogen-bond acceptors (Lipinski definition) is 2. The third-order valence-electron chi connectivity index (χ3n) is 3.08. The minimum absolute atomic E-state index is 0.513. The second-order valence-electron chi connectivity index (χ2n) is 4.77. The molecular weight excluding hydrogens is 239 g/mol. The summed E-state index contributed by atoms with van der Waals surface area (Å²) in [5, 5.41) is 10.9. The Bertz CT molecular complexity index is 338. The fraction of sp³-hybridized carbons (Fsp3) is 0.800. The van der Waals surface area contributed by atoms with E-state index in [0.29, 0.717) is 0 Å². The number of rotatable bonds is 4. The number of aliphatic carboxylic acids is 1. The molecule has 1 saturated carbocycles. The highest BCUT2D eigenvalue weighted by atomic mass is 19.4. The van der Waals surface area contributed by atoms with Gasteiger partial charge in [0.25, 0.3) is 0 Å². The highest BCUT2D eigenvalue weighted by Gasteiger charge is 2.65. The molecule has 0 bridgehead atoms. The van der Waals surface area contributed by atoms with Gasteiger partial charge in [-0.05, 0) is 5.41 Å². The maximum atomic E-state index is 11.8. The number of halogens is 3. The van der Waals surface area contributed by atoms with Crippen LogP contribution < -0.4 is 5.32 Å². The van der Waals surface area contributed by atoms with E-state index in [-0.39, 0.29) is 0 Å². The standard InChI is InChI=1S/C10H14F3NO3/c1-9(2)5(6(9)8(16)17)7(15)14-4-3-10(11,12)13/h5-6H,3-4H2,1-2H3,(H,14,15)(H,16,17). The van der Waals surface area contributed by atoms with E-state index < -0.39 is 48.3 Å². The van der Waals surface area contributed by atoms with Gasteiger partial charge in [0, 0.05) is 6.54 Å². The highest BCUT2D eigenvalue weighted by molar-refractivity contribution is 5.91. The van der Waals surface area contributed by atoms with Crippen molar-refractivity contribution in [1.29, 1.82) is 0 Å². The molecule has 1 rings (SSSR count). The summed E-state index contributed by atoms with van der Waals surface area (Å²) in [6.45, 7) is 2.71. The predicted octanol–water partition coefficient (Wildman–Crippen LogP) is 1.41. The van der Waals surface area contributed by atoms with Crippen LogP contribution in [0, 0.1) is 17.3 Å². The first-order chi connectivity index (χ1) is 7.57. The van der Waals surface area contributed by atoms with Crippen LogP contribution in [0.15, 0.2) is 0 Å². The van der Waals surface area contributed by atoms with E-state index in [4.69, 9.17) is 5.11 Å². The highest BCUT2D eigenvalue weighted by Crippen LogP contribution is 2.58. The largest absolute Gasteiger partial charge is 0.481 e. The van der Waals surface area contributed by atoms with Gasteiger partial charge in [-0.25, -0.2) is 0 Å². The van der Waals surface area contributed by atoms with Crippen LogP contribution in [0.2, 0.25) is 0 Å². The van der Waals surface area contributed by atoms with E-state index in [1.54, 1.807) is 13.8 Å². The first-order valence-corrected chi connectivity index (χ1v) is 5.14. The van der Waals surface area contributed by atoms with Crippen molar-refractivity contribution < 1.29 is 27.9 Å². The summed E-state index contributed by atoms with van der Waals surface area (Å²) in [6, 6.07) is 0. The van der Waals surface area contributed by atoms with Crippen molar-refractivity contribution in [2.75, 3.05) is 6.54 Å². The summed E-state index contributed by atoms with van der Waals surface area (Å²) < 4.78 is 35.5. The Labute approximate surface area is 96.2 Å². The van der Waals surface area contributed by atoms with E-state index >= 15 is 0 Å². The Morgan fingerprint density at radius 2 is 1.82 bits per heavy atom. The van der Waals surface area contributed by atoms with Gasteiger partial charge in [0.1, 0.15) is 0 Å². The molecule has 0 aromatic carbocycles. The van der Waals surface area contributed by atoms with Crippen LogP contribution in [-0.4, -0.2) is 29.7 Å².